The number of nitrogens with zero attached hydrogens (tertiary/aromatic N) is 3. The lowest BCUT2D eigenvalue weighted by atomic mass is 10.1. The third-order valence-electron chi connectivity index (χ3n) is 2.68. The van der Waals surface area contributed by atoms with E-state index in [9.17, 15) is 0 Å². The van der Waals surface area contributed by atoms with Crippen molar-refractivity contribution >= 4 is 0 Å². The summed E-state index contributed by atoms with van der Waals surface area (Å²) in [5, 5.41) is 4.69. The second kappa shape index (κ2) is 5.55. The van der Waals surface area contributed by atoms with Gasteiger partial charge >= 0.3 is 0 Å². The van der Waals surface area contributed by atoms with E-state index in [1.54, 1.807) is 12.4 Å². The predicted octanol–water partition coefficient (Wildman–Crippen LogP) is 2.90. The monoisotopic (exact) mass is 226 g/mol. The van der Waals surface area contributed by atoms with Crippen molar-refractivity contribution in [2.24, 2.45) is 0 Å². The van der Waals surface area contributed by atoms with Crippen LogP contribution >= 0.6 is 0 Å². The van der Waals surface area contributed by atoms with Gasteiger partial charge in [-0.2, -0.15) is 0 Å². The van der Waals surface area contributed by atoms with Crippen molar-refractivity contribution in [1.82, 2.24) is 15.3 Å². The van der Waals surface area contributed by atoms with E-state index in [1.165, 1.54) is 0 Å². The average Bonchev–Trinajstić information content (AvgIpc) is 2.40. The standard InChI is InChI=1S/C14H16N3/c1-11(13-7-3-5-9-15-13)17-12(2)14-8-4-6-10-16-14/h3-12H,1-2H3. The smallest absolute Gasteiger partial charge is 0.0647 e. The summed E-state index contributed by atoms with van der Waals surface area (Å²) in [5.74, 6) is 0. The third kappa shape index (κ3) is 3.11. The molecule has 0 aliphatic rings. The first-order valence-electron chi connectivity index (χ1n) is 5.79. The zero-order valence-corrected chi connectivity index (χ0v) is 10.1. The molecule has 3 heteroatoms. The maximum atomic E-state index is 4.69. The first-order valence-corrected chi connectivity index (χ1v) is 5.79. The summed E-state index contributed by atoms with van der Waals surface area (Å²) in [7, 11) is 0. The molecule has 0 saturated carbocycles. The molecule has 0 saturated heterocycles. The molecule has 2 rings (SSSR count). The van der Waals surface area contributed by atoms with Crippen LogP contribution in [0.5, 0.6) is 0 Å². The van der Waals surface area contributed by atoms with Crippen LogP contribution in [0.25, 0.3) is 0 Å². The van der Waals surface area contributed by atoms with Gasteiger partial charge in [0, 0.05) is 12.4 Å². The fraction of sp³-hybridized carbons (Fsp3) is 0.286. The molecule has 3 nitrogen and oxygen atoms in total. The van der Waals surface area contributed by atoms with Crippen LogP contribution in [0.3, 0.4) is 0 Å². The molecule has 87 valence electrons. The maximum absolute atomic E-state index is 4.69. The van der Waals surface area contributed by atoms with Gasteiger partial charge in [0.1, 0.15) is 0 Å². The summed E-state index contributed by atoms with van der Waals surface area (Å²) in [6.45, 7) is 4.11. The topological polar surface area (TPSA) is 39.9 Å². The van der Waals surface area contributed by atoms with Crippen LogP contribution in [0.2, 0.25) is 0 Å². The highest BCUT2D eigenvalue weighted by atomic mass is 15.0. The molecule has 2 unspecified atom stereocenters. The number of aromatic nitrogens is 2. The second-order valence-electron chi connectivity index (χ2n) is 4.01. The molecule has 0 fully saturated rings. The molecule has 0 spiro atoms. The van der Waals surface area contributed by atoms with E-state index in [4.69, 9.17) is 5.32 Å². The Morgan fingerprint density at radius 3 is 1.65 bits per heavy atom. The van der Waals surface area contributed by atoms with E-state index in [2.05, 4.69) is 23.8 Å². The van der Waals surface area contributed by atoms with Crippen LogP contribution < -0.4 is 5.32 Å². The lowest BCUT2D eigenvalue weighted by molar-refractivity contribution is 0.466. The Kier molecular flexibility index (Phi) is 3.83. The molecule has 0 aromatic carbocycles. The molecule has 2 aromatic heterocycles. The number of pyridine rings is 2. The lowest BCUT2D eigenvalue weighted by Gasteiger charge is -2.16. The third-order valence-corrected chi connectivity index (χ3v) is 2.68. The van der Waals surface area contributed by atoms with Gasteiger partial charge in [-0.05, 0) is 38.1 Å². The largest absolute Gasteiger partial charge is 0.260 e. The van der Waals surface area contributed by atoms with Crippen molar-refractivity contribution in [3.8, 4) is 0 Å². The van der Waals surface area contributed by atoms with Crippen LogP contribution in [0, 0.1) is 0 Å². The molecular weight excluding hydrogens is 210 g/mol. The van der Waals surface area contributed by atoms with E-state index >= 15 is 0 Å². The van der Waals surface area contributed by atoms with E-state index < -0.39 is 0 Å². The summed E-state index contributed by atoms with van der Waals surface area (Å²) in [4.78, 5) is 8.62. The van der Waals surface area contributed by atoms with Gasteiger partial charge in [0.15, 0.2) is 0 Å². The second-order valence-corrected chi connectivity index (χ2v) is 4.01. The van der Waals surface area contributed by atoms with E-state index in [0.717, 1.165) is 11.4 Å². The summed E-state index contributed by atoms with van der Waals surface area (Å²) in [5.41, 5.74) is 1.99. The van der Waals surface area contributed by atoms with Crippen LogP contribution in [0.4, 0.5) is 0 Å². The minimum Gasteiger partial charge on any atom is -0.260 e. The van der Waals surface area contributed by atoms with Crippen LogP contribution in [-0.4, -0.2) is 9.97 Å². The minimum atomic E-state index is 0.0909. The van der Waals surface area contributed by atoms with Crippen LogP contribution in [-0.2, 0) is 0 Å². The summed E-state index contributed by atoms with van der Waals surface area (Å²) >= 11 is 0. The molecule has 1 radical (unpaired) electrons. The molecule has 17 heavy (non-hydrogen) atoms. The normalized spacial score (nSPS) is 14.2. The maximum Gasteiger partial charge on any atom is 0.0647 e. The number of rotatable bonds is 4. The minimum absolute atomic E-state index is 0.0909. The van der Waals surface area contributed by atoms with Crippen molar-refractivity contribution in [3.63, 3.8) is 0 Å². The highest BCUT2D eigenvalue weighted by Crippen LogP contribution is 2.18. The Balaban J connectivity index is 2.02. The zero-order chi connectivity index (χ0) is 12.1. The van der Waals surface area contributed by atoms with Crippen molar-refractivity contribution in [2.45, 2.75) is 25.9 Å². The molecular formula is C14H16N3. The van der Waals surface area contributed by atoms with Gasteiger partial charge < -0.3 is 0 Å². The Hall–Kier alpha value is -1.74. The van der Waals surface area contributed by atoms with E-state index in [1.807, 2.05) is 36.4 Å². The van der Waals surface area contributed by atoms with Gasteiger partial charge in [0.05, 0.1) is 23.5 Å². The molecule has 0 aliphatic carbocycles. The Labute approximate surface area is 102 Å². The van der Waals surface area contributed by atoms with Gasteiger partial charge in [0.2, 0.25) is 0 Å². The highest BCUT2D eigenvalue weighted by molar-refractivity contribution is 5.11. The Morgan fingerprint density at radius 2 is 1.29 bits per heavy atom. The lowest BCUT2D eigenvalue weighted by Crippen LogP contribution is -2.16. The van der Waals surface area contributed by atoms with Gasteiger partial charge in [-0.1, -0.05) is 12.1 Å². The van der Waals surface area contributed by atoms with Crippen molar-refractivity contribution in [3.05, 3.63) is 60.2 Å². The fourth-order valence-corrected chi connectivity index (χ4v) is 1.73. The molecule has 2 aromatic rings. The Morgan fingerprint density at radius 1 is 0.824 bits per heavy atom. The van der Waals surface area contributed by atoms with Gasteiger partial charge in [0.25, 0.3) is 0 Å². The SMILES string of the molecule is CC([N]C(C)c1ccccn1)c1ccccn1. The first-order chi connectivity index (χ1) is 8.27. The Bertz CT molecular complexity index is 398. The number of hydrogen-bond donors (Lipinski definition) is 0. The van der Waals surface area contributed by atoms with E-state index in [0.29, 0.717) is 0 Å². The highest BCUT2D eigenvalue weighted by Gasteiger charge is 2.13. The van der Waals surface area contributed by atoms with Crippen molar-refractivity contribution in [2.75, 3.05) is 0 Å². The molecule has 0 N–H and O–H groups in total. The van der Waals surface area contributed by atoms with Crippen LogP contribution in [0.15, 0.2) is 48.8 Å². The van der Waals surface area contributed by atoms with Gasteiger partial charge in [-0.15, -0.1) is 0 Å². The first kappa shape index (κ1) is 11.7. The van der Waals surface area contributed by atoms with Crippen molar-refractivity contribution in [1.29, 1.82) is 0 Å². The molecule has 0 aliphatic heterocycles. The quantitative estimate of drug-likeness (QED) is 0.804. The van der Waals surface area contributed by atoms with Crippen molar-refractivity contribution < 1.29 is 0 Å². The zero-order valence-electron chi connectivity index (χ0n) is 10.1. The number of hydrogen-bond acceptors (Lipinski definition) is 2. The van der Waals surface area contributed by atoms with E-state index in [-0.39, 0.29) is 12.1 Å². The average molecular weight is 226 g/mol. The van der Waals surface area contributed by atoms with Crippen LogP contribution in [0.1, 0.15) is 37.3 Å². The molecule has 0 amide bonds. The molecule has 2 atom stereocenters. The molecule has 0 bridgehead atoms. The summed E-state index contributed by atoms with van der Waals surface area (Å²) in [6.07, 6.45) is 3.60. The summed E-state index contributed by atoms with van der Waals surface area (Å²) < 4.78 is 0. The predicted molar refractivity (Wildman–Crippen MR) is 67.4 cm³/mol. The fourth-order valence-electron chi connectivity index (χ4n) is 1.73. The van der Waals surface area contributed by atoms with Gasteiger partial charge in [-0.25, -0.2) is 5.32 Å². The van der Waals surface area contributed by atoms with Gasteiger partial charge in [-0.3, -0.25) is 9.97 Å². The summed E-state index contributed by atoms with van der Waals surface area (Å²) in [6, 6.07) is 12.0. The molecule has 2 heterocycles.